The van der Waals surface area contributed by atoms with Gasteiger partial charge in [0.25, 0.3) is 0 Å². The summed E-state index contributed by atoms with van der Waals surface area (Å²) in [6, 6.07) is 9.98. The first-order valence-corrected chi connectivity index (χ1v) is 10.9. The van der Waals surface area contributed by atoms with Crippen LogP contribution in [0.3, 0.4) is 0 Å². The summed E-state index contributed by atoms with van der Waals surface area (Å²) < 4.78 is 13.2. The van der Waals surface area contributed by atoms with Crippen molar-refractivity contribution in [1.29, 1.82) is 0 Å². The van der Waals surface area contributed by atoms with Crippen LogP contribution in [0.4, 0.5) is 0 Å². The van der Waals surface area contributed by atoms with Gasteiger partial charge in [0, 0.05) is 12.4 Å². The Kier molecular flexibility index (Phi) is 7.06. The molecule has 2 aromatic heterocycles. The average molecular weight is 416 g/mol. The molecule has 3 rings (SSSR count). The summed E-state index contributed by atoms with van der Waals surface area (Å²) in [5, 5.41) is 8.82. The van der Waals surface area contributed by atoms with Gasteiger partial charge in [-0.25, -0.2) is 4.68 Å². The van der Waals surface area contributed by atoms with Crippen molar-refractivity contribution < 1.29 is 9.47 Å². The second-order valence-electron chi connectivity index (χ2n) is 6.60. The molecule has 1 aromatic carbocycles. The maximum Gasteiger partial charge on any atom is 0.205 e. The van der Waals surface area contributed by atoms with Crippen molar-refractivity contribution in [2.45, 2.75) is 20.3 Å². The molecule has 148 valence electrons. The van der Waals surface area contributed by atoms with Gasteiger partial charge in [-0.15, -0.1) is 22.7 Å². The highest BCUT2D eigenvalue weighted by Crippen LogP contribution is 2.28. The quantitative estimate of drug-likeness (QED) is 0.479. The van der Waals surface area contributed by atoms with Crippen LogP contribution < -0.4 is 14.3 Å². The first-order chi connectivity index (χ1) is 13.6. The third-order valence-corrected chi connectivity index (χ3v) is 5.91. The van der Waals surface area contributed by atoms with Gasteiger partial charge in [-0.2, -0.15) is 5.10 Å². The highest BCUT2D eigenvalue weighted by atomic mass is 32.1. The van der Waals surface area contributed by atoms with Crippen LogP contribution in [0.15, 0.2) is 51.2 Å². The van der Waals surface area contributed by atoms with Gasteiger partial charge in [-0.05, 0) is 47.5 Å². The zero-order valence-corrected chi connectivity index (χ0v) is 18.2. The minimum Gasteiger partial charge on any atom is -0.493 e. The van der Waals surface area contributed by atoms with Crippen molar-refractivity contribution in [3.8, 4) is 22.1 Å². The van der Waals surface area contributed by atoms with E-state index < -0.39 is 0 Å². The van der Waals surface area contributed by atoms with E-state index in [1.807, 2.05) is 35.2 Å². The highest BCUT2D eigenvalue weighted by Gasteiger charge is 2.09. The molecule has 0 atom stereocenters. The fourth-order valence-corrected chi connectivity index (χ4v) is 4.17. The smallest absolute Gasteiger partial charge is 0.205 e. The number of methoxy groups -OCH3 is 1. The standard InChI is InChI=1S/C21H25N3O2S2/c1-15(2)9-10-26-18-8-7-16(12-19(18)25-4)13-23-24-17(14-28-21(24)22-3)20-6-5-11-27-20/h5-8,11-15H,9-10H2,1-4H3. The Bertz CT molecular complexity index is 986. The van der Waals surface area contributed by atoms with Crippen molar-refractivity contribution in [2.24, 2.45) is 16.0 Å². The zero-order chi connectivity index (χ0) is 19.9. The lowest BCUT2D eigenvalue weighted by molar-refractivity contribution is 0.273. The summed E-state index contributed by atoms with van der Waals surface area (Å²) in [5.41, 5.74) is 1.98. The van der Waals surface area contributed by atoms with Gasteiger partial charge in [0.1, 0.15) is 0 Å². The van der Waals surface area contributed by atoms with Gasteiger partial charge >= 0.3 is 0 Å². The normalized spacial score (nSPS) is 12.2. The summed E-state index contributed by atoms with van der Waals surface area (Å²) in [7, 11) is 3.44. The first-order valence-electron chi connectivity index (χ1n) is 9.14. The molecule has 0 aliphatic heterocycles. The number of thiophene rings is 1. The number of nitrogens with zero attached hydrogens (tertiary/aromatic N) is 3. The summed E-state index contributed by atoms with van der Waals surface area (Å²) in [4.78, 5) is 6.35. The topological polar surface area (TPSA) is 48.1 Å². The van der Waals surface area contributed by atoms with Crippen LogP contribution in [0.5, 0.6) is 11.5 Å². The lowest BCUT2D eigenvalue weighted by Crippen LogP contribution is -2.11. The van der Waals surface area contributed by atoms with Crippen molar-refractivity contribution in [1.82, 2.24) is 4.68 Å². The van der Waals surface area contributed by atoms with E-state index in [4.69, 9.17) is 9.47 Å². The molecule has 0 fully saturated rings. The molecule has 28 heavy (non-hydrogen) atoms. The van der Waals surface area contributed by atoms with E-state index in [0.717, 1.165) is 33.1 Å². The van der Waals surface area contributed by atoms with Crippen LogP contribution >= 0.6 is 22.7 Å². The molecule has 5 nitrogen and oxygen atoms in total. The van der Waals surface area contributed by atoms with Crippen LogP contribution in [0, 0.1) is 5.92 Å². The predicted molar refractivity (Wildman–Crippen MR) is 118 cm³/mol. The summed E-state index contributed by atoms with van der Waals surface area (Å²) >= 11 is 3.26. The molecular weight excluding hydrogens is 390 g/mol. The number of ether oxygens (including phenoxy) is 2. The SMILES string of the molecule is CN=c1scc(-c2cccs2)n1N=Cc1ccc(OCCC(C)C)c(OC)c1. The maximum atomic E-state index is 5.86. The second kappa shape index (κ2) is 9.71. The van der Waals surface area contributed by atoms with E-state index in [0.29, 0.717) is 18.3 Å². The van der Waals surface area contributed by atoms with E-state index in [2.05, 4.69) is 40.8 Å². The highest BCUT2D eigenvalue weighted by molar-refractivity contribution is 7.14. The molecule has 0 spiro atoms. The van der Waals surface area contributed by atoms with Crippen molar-refractivity contribution in [2.75, 3.05) is 20.8 Å². The van der Waals surface area contributed by atoms with Gasteiger partial charge in [0.05, 0.1) is 30.5 Å². The van der Waals surface area contributed by atoms with Crippen molar-refractivity contribution in [3.63, 3.8) is 0 Å². The fraction of sp³-hybridized carbons (Fsp3) is 0.333. The van der Waals surface area contributed by atoms with Crippen LogP contribution in [-0.4, -0.2) is 31.7 Å². The third-order valence-electron chi connectivity index (χ3n) is 4.11. The third kappa shape index (κ3) is 4.91. The average Bonchev–Trinajstić information content (AvgIpc) is 3.35. The monoisotopic (exact) mass is 415 g/mol. The molecule has 0 saturated heterocycles. The van der Waals surface area contributed by atoms with E-state index in [1.54, 1.807) is 36.8 Å². The zero-order valence-electron chi connectivity index (χ0n) is 16.6. The van der Waals surface area contributed by atoms with E-state index in [-0.39, 0.29) is 0 Å². The number of hydrogen-bond donors (Lipinski definition) is 0. The number of aromatic nitrogens is 1. The van der Waals surface area contributed by atoms with Gasteiger partial charge in [-0.1, -0.05) is 19.9 Å². The summed E-state index contributed by atoms with van der Waals surface area (Å²) in [6.07, 6.45) is 2.83. The molecule has 0 aliphatic carbocycles. The molecule has 0 radical (unpaired) electrons. The van der Waals surface area contributed by atoms with Crippen LogP contribution in [0.2, 0.25) is 0 Å². The molecule has 7 heteroatoms. The summed E-state index contributed by atoms with van der Waals surface area (Å²) in [5.74, 6) is 2.07. The van der Waals surface area contributed by atoms with Crippen LogP contribution in [0.25, 0.3) is 10.6 Å². The number of rotatable bonds is 8. The largest absolute Gasteiger partial charge is 0.493 e. The molecule has 0 aliphatic rings. The van der Waals surface area contributed by atoms with E-state index in [1.165, 1.54) is 0 Å². The van der Waals surface area contributed by atoms with Crippen molar-refractivity contribution in [3.05, 3.63) is 51.5 Å². The Hall–Kier alpha value is -2.38. The lowest BCUT2D eigenvalue weighted by Gasteiger charge is -2.12. The van der Waals surface area contributed by atoms with Gasteiger partial charge in [0.15, 0.2) is 11.5 Å². The Balaban J connectivity index is 1.84. The molecule has 0 amide bonds. The van der Waals surface area contributed by atoms with Crippen molar-refractivity contribution >= 4 is 28.9 Å². The number of benzene rings is 1. The molecule has 0 unspecified atom stereocenters. The molecule has 3 aromatic rings. The van der Waals surface area contributed by atoms with E-state index >= 15 is 0 Å². The Morgan fingerprint density at radius 2 is 2.04 bits per heavy atom. The Morgan fingerprint density at radius 3 is 2.71 bits per heavy atom. The van der Waals surface area contributed by atoms with Gasteiger partial charge < -0.3 is 9.47 Å². The molecule has 0 N–H and O–H groups in total. The maximum absolute atomic E-state index is 5.86. The summed E-state index contributed by atoms with van der Waals surface area (Å²) in [6.45, 7) is 5.05. The fourth-order valence-electron chi connectivity index (χ4n) is 2.57. The minimum absolute atomic E-state index is 0.607. The lowest BCUT2D eigenvalue weighted by atomic mass is 10.1. The molecular formula is C21H25N3O2S2. The first kappa shape index (κ1) is 20.4. The second-order valence-corrected chi connectivity index (χ2v) is 8.39. The number of hydrogen-bond acceptors (Lipinski definition) is 6. The van der Waals surface area contributed by atoms with Crippen LogP contribution in [-0.2, 0) is 0 Å². The predicted octanol–water partition coefficient (Wildman–Crippen LogP) is 5.12. The van der Waals surface area contributed by atoms with Gasteiger partial charge in [0.2, 0.25) is 4.80 Å². The Morgan fingerprint density at radius 1 is 1.18 bits per heavy atom. The minimum atomic E-state index is 0.607. The van der Waals surface area contributed by atoms with E-state index in [9.17, 15) is 0 Å². The number of thiazole rings is 1. The Labute approximate surface area is 173 Å². The molecule has 0 bridgehead atoms. The molecule has 0 saturated carbocycles. The van der Waals surface area contributed by atoms with Gasteiger partial charge in [-0.3, -0.25) is 4.99 Å². The van der Waals surface area contributed by atoms with Crippen LogP contribution in [0.1, 0.15) is 25.8 Å². The molecule has 2 heterocycles.